The Kier molecular flexibility index (Phi) is 4.94. The fraction of sp³-hybridized carbons (Fsp3) is 0.200. The van der Waals surface area contributed by atoms with E-state index in [4.69, 9.17) is 4.74 Å². The van der Waals surface area contributed by atoms with Crippen LogP contribution in [0.4, 0.5) is 5.82 Å². The molecule has 0 saturated carbocycles. The smallest absolute Gasteiger partial charge is 0.256 e. The lowest BCUT2D eigenvalue weighted by Crippen LogP contribution is -2.13. The number of nitrogens with one attached hydrogen (secondary N) is 1. The van der Waals surface area contributed by atoms with E-state index in [9.17, 15) is 4.79 Å². The highest BCUT2D eigenvalue weighted by atomic mass is 127. The van der Waals surface area contributed by atoms with Gasteiger partial charge in [0.1, 0.15) is 11.6 Å². The minimum absolute atomic E-state index is 0.0752. The first-order valence-electron chi connectivity index (χ1n) is 6.24. The van der Waals surface area contributed by atoms with Gasteiger partial charge in [-0.15, -0.1) is 0 Å². The van der Waals surface area contributed by atoms with Crippen LogP contribution in [0.1, 0.15) is 24.2 Å². The number of halogens is 1. The molecule has 1 amide bonds. The Labute approximate surface area is 131 Å². The molecule has 1 aromatic carbocycles. The summed E-state index contributed by atoms with van der Waals surface area (Å²) in [5, 5.41) is 2.76. The summed E-state index contributed by atoms with van der Waals surface area (Å²) in [6.45, 7) is 3.89. The zero-order valence-corrected chi connectivity index (χ0v) is 13.4. The first kappa shape index (κ1) is 14.8. The molecule has 4 nitrogen and oxygen atoms in total. The SMILES string of the molecule is CC(C)Oc1cccc(C(=O)Nc2ccc(I)cn2)c1. The molecule has 1 N–H and O–H groups in total. The van der Waals surface area contributed by atoms with Gasteiger partial charge in [-0.25, -0.2) is 4.98 Å². The van der Waals surface area contributed by atoms with Gasteiger partial charge >= 0.3 is 0 Å². The van der Waals surface area contributed by atoms with Gasteiger partial charge in [0.05, 0.1) is 6.10 Å². The number of nitrogens with zero attached hydrogens (tertiary/aromatic N) is 1. The standard InChI is InChI=1S/C15H15IN2O2/c1-10(2)20-13-5-3-4-11(8-13)15(19)18-14-7-6-12(16)9-17-14/h3-10H,1-2H3,(H,17,18,19). The van der Waals surface area contributed by atoms with E-state index < -0.39 is 0 Å². The number of aromatic nitrogens is 1. The van der Waals surface area contributed by atoms with Gasteiger partial charge in [-0.05, 0) is 66.8 Å². The third kappa shape index (κ3) is 4.19. The monoisotopic (exact) mass is 382 g/mol. The second-order valence-corrected chi connectivity index (χ2v) is 5.76. The van der Waals surface area contributed by atoms with Gasteiger partial charge in [0, 0.05) is 15.3 Å². The largest absolute Gasteiger partial charge is 0.491 e. The number of amides is 1. The van der Waals surface area contributed by atoms with Crippen molar-refractivity contribution in [3.8, 4) is 5.75 Å². The Bertz CT molecular complexity index is 597. The Morgan fingerprint density at radius 3 is 2.75 bits per heavy atom. The van der Waals surface area contributed by atoms with E-state index in [1.165, 1.54) is 0 Å². The van der Waals surface area contributed by atoms with E-state index in [0.29, 0.717) is 17.1 Å². The molecule has 1 aromatic heterocycles. The molecule has 0 saturated heterocycles. The van der Waals surface area contributed by atoms with Crippen molar-refractivity contribution in [3.05, 3.63) is 51.7 Å². The summed E-state index contributed by atoms with van der Waals surface area (Å²) in [4.78, 5) is 16.3. The third-order valence-corrected chi connectivity index (χ3v) is 3.08. The summed E-state index contributed by atoms with van der Waals surface area (Å²) in [7, 11) is 0. The van der Waals surface area contributed by atoms with Crippen molar-refractivity contribution in [3.63, 3.8) is 0 Å². The van der Waals surface area contributed by atoms with Crippen LogP contribution in [-0.4, -0.2) is 17.0 Å². The van der Waals surface area contributed by atoms with Gasteiger partial charge in [-0.2, -0.15) is 0 Å². The van der Waals surface area contributed by atoms with Crippen molar-refractivity contribution in [1.29, 1.82) is 0 Å². The average Bonchev–Trinajstić information content (AvgIpc) is 2.41. The number of carbonyl (C=O) groups excluding carboxylic acids is 1. The summed E-state index contributed by atoms with van der Waals surface area (Å²) in [6, 6.07) is 10.8. The first-order valence-corrected chi connectivity index (χ1v) is 7.32. The van der Waals surface area contributed by atoms with Gasteiger partial charge in [-0.1, -0.05) is 6.07 Å². The van der Waals surface area contributed by atoms with Gasteiger partial charge in [0.15, 0.2) is 0 Å². The van der Waals surface area contributed by atoms with E-state index in [1.54, 1.807) is 30.5 Å². The first-order chi connectivity index (χ1) is 9.54. The number of ether oxygens (including phenoxy) is 1. The van der Waals surface area contributed by atoms with Crippen molar-refractivity contribution in [2.45, 2.75) is 20.0 Å². The number of rotatable bonds is 4. The van der Waals surface area contributed by atoms with Crippen LogP contribution in [0.5, 0.6) is 5.75 Å². The highest BCUT2D eigenvalue weighted by molar-refractivity contribution is 14.1. The topological polar surface area (TPSA) is 51.2 Å². The molecule has 0 unspecified atom stereocenters. The summed E-state index contributed by atoms with van der Waals surface area (Å²) >= 11 is 2.17. The molecular weight excluding hydrogens is 367 g/mol. The van der Waals surface area contributed by atoms with Gasteiger partial charge in [-0.3, -0.25) is 4.79 Å². The molecule has 0 aliphatic heterocycles. The van der Waals surface area contributed by atoms with E-state index in [-0.39, 0.29) is 12.0 Å². The molecule has 20 heavy (non-hydrogen) atoms. The quantitative estimate of drug-likeness (QED) is 0.821. The van der Waals surface area contributed by atoms with Crippen molar-refractivity contribution in [2.24, 2.45) is 0 Å². The molecule has 0 bridgehead atoms. The lowest BCUT2D eigenvalue weighted by molar-refractivity contribution is 0.102. The minimum atomic E-state index is -0.201. The lowest BCUT2D eigenvalue weighted by Gasteiger charge is -2.11. The van der Waals surface area contributed by atoms with Gasteiger partial charge < -0.3 is 10.1 Å². The highest BCUT2D eigenvalue weighted by Gasteiger charge is 2.08. The summed E-state index contributed by atoms with van der Waals surface area (Å²) in [5.74, 6) is 1.02. The van der Waals surface area contributed by atoms with Crippen molar-refractivity contribution in [2.75, 3.05) is 5.32 Å². The number of hydrogen-bond donors (Lipinski definition) is 1. The predicted molar refractivity (Wildman–Crippen MR) is 87.1 cm³/mol. The lowest BCUT2D eigenvalue weighted by atomic mass is 10.2. The van der Waals surface area contributed by atoms with Crippen molar-refractivity contribution >= 4 is 34.3 Å². The second kappa shape index (κ2) is 6.69. The van der Waals surface area contributed by atoms with E-state index >= 15 is 0 Å². The van der Waals surface area contributed by atoms with Crippen molar-refractivity contribution < 1.29 is 9.53 Å². The number of anilines is 1. The van der Waals surface area contributed by atoms with E-state index in [0.717, 1.165) is 3.57 Å². The molecule has 2 rings (SSSR count). The van der Waals surface area contributed by atoms with Crippen molar-refractivity contribution in [1.82, 2.24) is 4.98 Å². The maximum atomic E-state index is 12.1. The zero-order valence-electron chi connectivity index (χ0n) is 11.3. The van der Waals surface area contributed by atoms with Gasteiger partial charge in [0.2, 0.25) is 0 Å². The molecule has 0 spiro atoms. The van der Waals surface area contributed by atoms with Crippen LogP contribution in [0.3, 0.4) is 0 Å². The number of benzene rings is 1. The van der Waals surface area contributed by atoms with E-state index in [2.05, 4.69) is 32.9 Å². The molecule has 0 atom stereocenters. The molecule has 2 aromatic rings. The third-order valence-electron chi connectivity index (χ3n) is 2.44. The van der Waals surface area contributed by atoms with Gasteiger partial charge in [0.25, 0.3) is 5.91 Å². The Balaban J connectivity index is 2.10. The molecule has 5 heteroatoms. The number of carbonyl (C=O) groups is 1. The summed E-state index contributed by atoms with van der Waals surface area (Å²) < 4.78 is 6.60. The van der Waals surface area contributed by atoms with Crippen LogP contribution in [0.2, 0.25) is 0 Å². The van der Waals surface area contributed by atoms with E-state index in [1.807, 2.05) is 26.0 Å². The molecule has 0 aliphatic rings. The summed E-state index contributed by atoms with van der Waals surface area (Å²) in [6.07, 6.45) is 1.78. The summed E-state index contributed by atoms with van der Waals surface area (Å²) in [5.41, 5.74) is 0.545. The fourth-order valence-electron chi connectivity index (χ4n) is 1.62. The molecule has 0 fully saturated rings. The number of hydrogen-bond acceptors (Lipinski definition) is 3. The molecule has 0 aliphatic carbocycles. The average molecular weight is 382 g/mol. The molecule has 1 heterocycles. The Hall–Kier alpha value is -1.63. The van der Waals surface area contributed by atoms with Crippen LogP contribution in [0.25, 0.3) is 0 Å². The maximum Gasteiger partial charge on any atom is 0.256 e. The minimum Gasteiger partial charge on any atom is -0.491 e. The highest BCUT2D eigenvalue weighted by Crippen LogP contribution is 2.16. The van der Waals surface area contributed by atoms with Crippen LogP contribution < -0.4 is 10.1 Å². The van der Waals surface area contributed by atoms with Crippen LogP contribution >= 0.6 is 22.6 Å². The zero-order chi connectivity index (χ0) is 14.5. The Morgan fingerprint density at radius 2 is 2.10 bits per heavy atom. The fourth-order valence-corrected chi connectivity index (χ4v) is 1.94. The predicted octanol–water partition coefficient (Wildman–Crippen LogP) is 3.73. The van der Waals surface area contributed by atoms with Crippen LogP contribution in [0.15, 0.2) is 42.6 Å². The Morgan fingerprint density at radius 1 is 1.30 bits per heavy atom. The molecule has 104 valence electrons. The number of pyridine rings is 1. The molecular formula is C15H15IN2O2. The second-order valence-electron chi connectivity index (χ2n) is 4.51. The normalized spacial score (nSPS) is 10.4. The van der Waals surface area contributed by atoms with Crippen LogP contribution in [0, 0.1) is 3.57 Å². The van der Waals surface area contributed by atoms with Crippen LogP contribution in [-0.2, 0) is 0 Å². The molecule has 0 radical (unpaired) electrons. The maximum absolute atomic E-state index is 12.1.